The number of hydrogen-bond acceptors (Lipinski definition) is 4. The van der Waals surface area contributed by atoms with Crippen LogP contribution in [0.3, 0.4) is 0 Å². The lowest BCUT2D eigenvalue weighted by Crippen LogP contribution is -2.18. The van der Waals surface area contributed by atoms with E-state index < -0.39 is 0 Å². The van der Waals surface area contributed by atoms with E-state index >= 15 is 0 Å². The van der Waals surface area contributed by atoms with Crippen LogP contribution in [0, 0.1) is 6.92 Å². The zero-order valence-electron chi connectivity index (χ0n) is 10.4. The Morgan fingerprint density at radius 3 is 2.82 bits per heavy atom. The van der Waals surface area contributed by atoms with Crippen molar-refractivity contribution in [3.05, 3.63) is 33.8 Å². The fourth-order valence-corrected chi connectivity index (χ4v) is 2.48. The molecular formula is C12H18N4S. The van der Waals surface area contributed by atoms with E-state index in [2.05, 4.69) is 34.1 Å². The van der Waals surface area contributed by atoms with Crippen LogP contribution >= 0.6 is 11.3 Å². The van der Waals surface area contributed by atoms with Crippen molar-refractivity contribution in [2.75, 3.05) is 0 Å². The molecule has 1 atom stereocenters. The summed E-state index contributed by atoms with van der Waals surface area (Å²) in [6, 6.07) is 0.281. The van der Waals surface area contributed by atoms with Gasteiger partial charge in [-0.2, -0.15) is 0 Å². The first-order valence-electron chi connectivity index (χ1n) is 5.87. The molecule has 17 heavy (non-hydrogen) atoms. The largest absolute Gasteiger partial charge is 0.345 e. The molecule has 0 saturated heterocycles. The second kappa shape index (κ2) is 5.42. The molecule has 2 N–H and O–H groups in total. The van der Waals surface area contributed by atoms with Crippen LogP contribution in [0.15, 0.2) is 12.4 Å². The Hall–Kier alpha value is -1.20. The van der Waals surface area contributed by atoms with Gasteiger partial charge in [0.1, 0.15) is 10.8 Å². The van der Waals surface area contributed by atoms with Gasteiger partial charge in [0.15, 0.2) is 0 Å². The van der Waals surface area contributed by atoms with Gasteiger partial charge in [-0.05, 0) is 20.3 Å². The van der Waals surface area contributed by atoms with Crippen LogP contribution in [0.4, 0.5) is 0 Å². The Morgan fingerprint density at radius 1 is 1.41 bits per heavy atom. The molecule has 2 aromatic heterocycles. The minimum absolute atomic E-state index is 0.281. The third-order valence-electron chi connectivity index (χ3n) is 2.64. The van der Waals surface area contributed by atoms with Gasteiger partial charge in [0.25, 0.3) is 0 Å². The number of nitrogens with one attached hydrogen (secondary N) is 2. The van der Waals surface area contributed by atoms with E-state index in [0.717, 1.165) is 29.5 Å². The van der Waals surface area contributed by atoms with E-state index in [0.29, 0.717) is 0 Å². The third kappa shape index (κ3) is 3.14. The Morgan fingerprint density at radius 2 is 2.24 bits per heavy atom. The maximum Gasteiger partial charge on any atom is 0.109 e. The van der Waals surface area contributed by atoms with Crippen LogP contribution in [0.1, 0.15) is 41.3 Å². The highest BCUT2D eigenvalue weighted by atomic mass is 32.1. The number of thiazole rings is 1. The normalized spacial score (nSPS) is 12.9. The maximum atomic E-state index is 4.43. The molecule has 1 unspecified atom stereocenters. The molecular weight excluding hydrogens is 232 g/mol. The highest BCUT2D eigenvalue weighted by Crippen LogP contribution is 2.20. The minimum Gasteiger partial charge on any atom is -0.345 e. The van der Waals surface area contributed by atoms with Crippen molar-refractivity contribution in [2.45, 2.75) is 39.8 Å². The number of H-pyrrole nitrogens is 1. The van der Waals surface area contributed by atoms with Crippen molar-refractivity contribution < 1.29 is 0 Å². The third-order valence-corrected chi connectivity index (χ3v) is 3.97. The standard InChI is InChI=1S/C12H18N4S/c1-4-11-7-15-12(17-11)8(2)13-5-10-6-14-9(3)16-10/h6-8,13H,4-5H2,1-3H3,(H,14,16). The van der Waals surface area contributed by atoms with Crippen LogP contribution in [0.5, 0.6) is 0 Å². The molecule has 5 heteroatoms. The number of hydrogen-bond donors (Lipinski definition) is 2. The van der Waals surface area contributed by atoms with Crippen molar-refractivity contribution in [1.29, 1.82) is 0 Å². The first-order chi connectivity index (χ1) is 8.19. The Kier molecular flexibility index (Phi) is 3.91. The van der Waals surface area contributed by atoms with Gasteiger partial charge in [-0.1, -0.05) is 6.92 Å². The van der Waals surface area contributed by atoms with Crippen molar-refractivity contribution in [2.24, 2.45) is 0 Å². The van der Waals surface area contributed by atoms with Gasteiger partial charge in [-0.3, -0.25) is 0 Å². The van der Waals surface area contributed by atoms with Gasteiger partial charge in [0, 0.05) is 29.5 Å². The fraction of sp³-hybridized carbons (Fsp3) is 0.500. The summed E-state index contributed by atoms with van der Waals surface area (Å²) in [6.07, 6.45) is 4.90. The molecule has 2 aromatic rings. The summed E-state index contributed by atoms with van der Waals surface area (Å²) in [5.41, 5.74) is 1.11. The molecule has 0 saturated carbocycles. The molecule has 0 aliphatic heterocycles. The predicted molar refractivity (Wildman–Crippen MR) is 70.1 cm³/mol. The number of imidazole rings is 1. The molecule has 0 spiro atoms. The minimum atomic E-state index is 0.281. The molecule has 0 bridgehead atoms. The molecule has 0 aliphatic rings. The van der Waals surface area contributed by atoms with Crippen molar-refractivity contribution in [3.8, 4) is 0 Å². The molecule has 0 aromatic carbocycles. The maximum absolute atomic E-state index is 4.43. The van der Waals surface area contributed by atoms with Crippen LogP contribution in [0.25, 0.3) is 0 Å². The summed E-state index contributed by atoms with van der Waals surface area (Å²) in [6.45, 7) is 7.05. The highest BCUT2D eigenvalue weighted by molar-refractivity contribution is 7.11. The summed E-state index contributed by atoms with van der Waals surface area (Å²) in [5, 5.41) is 4.59. The number of rotatable bonds is 5. The van der Waals surface area contributed by atoms with Crippen LogP contribution in [-0.4, -0.2) is 15.0 Å². The quantitative estimate of drug-likeness (QED) is 0.857. The van der Waals surface area contributed by atoms with E-state index in [1.165, 1.54) is 4.88 Å². The summed E-state index contributed by atoms with van der Waals surface area (Å²) >= 11 is 1.78. The first kappa shape index (κ1) is 12.3. The van der Waals surface area contributed by atoms with Crippen molar-refractivity contribution in [1.82, 2.24) is 20.3 Å². The average Bonchev–Trinajstić information content (AvgIpc) is 2.94. The molecule has 92 valence electrons. The van der Waals surface area contributed by atoms with Gasteiger partial charge >= 0.3 is 0 Å². The van der Waals surface area contributed by atoms with Gasteiger partial charge in [-0.15, -0.1) is 11.3 Å². The van der Waals surface area contributed by atoms with Crippen LogP contribution in [-0.2, 0) is 13.0 Å². The van der Waals surface area contributed by atoms with Gasteiger partial charge in [0.2, 0.25) is 0 Å². The molecule has 0 amide bonds. The number of aryl methyl sites for hydroxylation is 2. The SMILES string of the molecule is CCc1cnc(C(C)NCc2cnc(C)[nH]2)s1. The lowest BCUT2D eigenvalue weighted by Gasteiger charge is -2.09. The van der Waals surface area contributed by atoms with Crippen LogP contribution < -0.4 is 5.32 Å². The predicted octanol–water partition coefficient (Wildman–Crippen LogP) is 2.59. The Bertz CT molecular complexity index is 474. The van der Waals surface area contributed by atoms with Gasteiger partial charge < -0.3 is 10.3 Å². The van der Waals surface area contributed by atoms with Crippen molar-refractivity contribution in [3.63, 3.8) is 0 Å². The van der Waals surface area contributed by atoms with E-state index in [1.807, 2.05) is 19.3 Å². The second-order valence-electron chi connectivity index (χ2n) is 4.11. The second-order valence-corrected chi connectivity index (χ2v) is 5.26. The molecule has 0 fully saturated rings. The lowest BCUT2D eigenvalue weighted by atomic mass is 10.3. The Labute approximate surface area is 106 Å². The highest BCUT2D eigenvalue weighted by Gasteiger charge is 2.09. The summed E-state index contributed by atoms with van der Waals surface area (Å²) < 4.78 is 0. The van der Waals surface area contributed by atoms with E-state index in [-0.39, 0.29) is 6.04 Å². The molecule has 4 nitrogen and oxygen atoms in total. The number of aromatic nitrogens is 3. The van der Waals surface area contributed by atoms with Crippen LogP contribution in [0.2, 0.25) is 0 Å². The van der Waals surface area contributed by atoms with E-state index in [9.17, 15) is 0 Å². The molecule has 2 heterocycles. The fourth-order valence-electron chi connectivity index (χ4n) is 1.60. The average molecular weight is 250 g/mol. The molecule has 0 radical (unpaired) electrons. The molecule has 2 rings (SSSR count). The Balaban J connectivity index is 1.90. The summed E-state index contributed by atoms with van der Waals surface area (Å²) in [5.74, 6) is 0.956. The van der Waals surface area contributed by atoms with E-state index in [1.54, 1.807) is 11.3 Å². The monoisotopic (exact) mass is 250 g/mol. The summed E-state index contributed by atoms with van der Waals surface area (Å²) in [4.78, 5) is 13.2. The number of aromatic amines is 1. The smallest absolute Gasteiger partial charge is 0.109 e. The number of nitrogens with zero attached hydrogens (tertiary/aromatic N) is 2. The van der Waals surface area contributed by atoms with Gasteiger partial charge in [0.05, 0.1) is 6.04 Å². The lowest BCUT2D eigenvalue weighted by molar-refractivity contribution is 0.566. The topological polar surface area (TPSA) is 53.6 Å². The summed E-state index contributed by atoms with van der Waals surface area (Å²) in [7, 11) is 0. The van der Waals surface area contributed by atoms with Crippen molar-refractivity contribution >= 4 is 11.3 Å². The zero-order valence-corrected chi connectivity index (χ0v) is 11.3. The molecule has 0 aliphatic carbocycles. The van der Waals surface area contributed by atoms with E-state index in [4.69, 9.17) is 0 Å². The van der Waals surface area contributed by atoms with Gasteiger partial charge in [-0.25, -0.2) is 9.97 Å². The zero-order chi connectivity index (χ0) is 12.3. The first-order valence-corrected chi connectivity index (χ1v) is 6.69.